The van der Waals surface area contributed by atoms with Crippen molar-refractivity contribution in [3.63, 3.8) is 0 Å². The van der Waals surface area contributed by atoms with E-state index in [2.05, 4.69) is 32.7 Å². The fourth-order valence-electron chi connectivity index (χ4n) is 2.65. The smallest absolute Gasteiger partial charge is 0.191 e. The molecule has 0 bridgehead atoms. The first-order valence-electron chi connectivity index (χ1n) is 8.51. The zero-order valence-electron chi connectivity index (χ0n) is 14.6. The molecule has 0 unspecified atom stereocenters. The number of thioether (sulfide) groups is 2. The number of para-hydroxylation sites is 1. The van der Waals surface area contributed by atoms with Crippen molar-refractivity contribution in [1.29, 1.82) is 0 Å². The highest BCUT2D eigenvalue weighted by Gasteiger charge is 2.14. The van der Waals surface area contributed by atoms with Crippen molar-refractivity contribution >= 4 is 45.1 Å². The summed E-state index contributed by atoms with van der Waals surface area (Å²) in [7, 11) is 0. The van der Waals surface area contributed by atoms with Gasteiger partial charge in [0, 0.05) is 12.3 Å². The van der Waals surface area contributed by atoms with Gasteiger partial charge in [-0.1, -0.05) is 53.9 Å². The van der Waals surface area contributed by atoms with Gasteiger partial charge in [-0.3, -0.25) is 0 Å². The number of thiazole rings is 1. The molecule has 0 aliphatic rings. The van der Waals surface area contributed by atoms with Crippen molar-refractivity contribution in [2.75, 3.05) is 0 Å². The van der Waals surface area contributed by atoms with Crippen LogP contribution in [0, 0.1) is 5.82 Å². The zero-order chi connectivity index (χ0) is 18.6. The number of nitrogens with zero attached hydrogens (tertiary/aromatic N) is 4. The third-order valence-corrected chi connectivity index (χ3v) is 7.21. The Hall–Kier alpha value is -1.90. The second-order valence-corrected chi connectivity index (χ2v) is 8.95. The standard InChI is InChI=1S/C19H17FN4S3/c1-2-24-17(12-26-19-21-15-9-5-6-10-16(15)27-19)22-23-18(24)25-11-13-7-3-4-8-14(13)20/h3-10H,2,11-12H2,1H3. The first-order valence-corrected chi connectivity index (χ1v) is 11.3. The van der Waals surface area contributed by atoms with Crippen LogP contribution in [-0.4, -0.2) is 19.7 Å². The third-order valence-electron chi connectivity index (χ3n) is 4.02. The van der Waals surface area contributed by atoms with Gasteiger partial charge in [-0.2, -0.15) is 0 Å². The van der Waals surface area contributed by atoms with Gasteiger partial charge >= 0.3 is 0 Å². The van der Waals surface area contributed by atoms with Crippen LogP contribution in [-0.2, 0) is 18.1 Å². The lowest BCUT2D eigenvalue weighted by molar-refractivity contribution is 0.617. The highest BCUT2D eigenvalue weighted by atomic mass is 32.2. The molecule has 4 nitrogen and oxygen atoms in total. The molecule has 0 N–H and O–H groups in total. The molecule has 2 aromatic heterocycles. The molecule has 0 saturated carbocycles. The average Bonchev–Trinajstić information content (AvgIpc) is 3.28. The van der Waals surface area contributed by atoms with Crippen LogP contribution in [0.4, 0.5) is 4.39 Å². The molecule has 138 valence electrons. The Morgan fingerprint density at radius 1 is 1.00 bits per heavy atom. The lowest BCUT2D eigenvalue weighted by atomic mass is 10.2. The summed E-state index contributed by atoms with van der Waals surface area (Å²) in [6.07, 6.45) is 0. The minimum Gasteiger partial charge on any atom is -0.306 e. The zero-order valence-corrected chi connectivity index (χ0v) is 17.1. The predicted octanol–water partition coefficient (Wildman–Crippen LogP) is 5.63. The molecule has 0 atom stereocenters. The molecule has 8 heteroatoms. The van der Waals surface area contributed by atoms with E-state index in [1.54, 1.807) is 35.2 Å². The molecular formula is C19H17FN4S3. The summed E-state index contributed by atoms with van der Waals surface area (Å²) in [6, 6.07) is 15.0. The average molecular weight is 417 g/mol. The molecule has 4 rings (SSSR count). The minimum absolute atomic E-state index is 0.181. The Kier molecular flexibility index (Phi) is 5.75. The quantitative estimate of drug-likeness (QED) is 0.365. The second kappa shape index (κ2) is 8.41. The number of hydrogen-bond acceptors (Lipinski definition) is 6. The molecule has 0 saturated heterocycles. The second-order valence-electron chi connectivity index (χ2n) is 5.76. The fourth-order valence-corrected chi connectivity index (χ4v) is 5.66. The van der Waals surface area contributed by atoms with Crippen molar-refractivity contribution in [1.82, 2.24) is 19.7 Å². The third kappa shape index (κ3) is 4.17. The Morgan fingerprint density at radius 3 is 2.63 bits per heavy atom. The van der Waals surface area contributed by atoms with Gasteiger partial charge in [0.15, 0.2) is 9.50 Å². The maximum Gasteiger partial charge on any atom is 0.191 e. The summed E-state index contributed by atoms with van der Waals surface area (Å²) >= 11 is 4.88. The van der Waals surface area contributed by atoms with Crippen LogP contribution < -0.4 is 0 Å². The molecule has 0 radical (unpaired) electrons. The van der Waals surface area contributed by atoms with Crippen LogP contribution in [0.1, 0.15) is 18.3 Å². The highest BCUT2D eigenvalue weighted by molar-refractivity contribution is 8.00. The maximum absolute atomic E-state index is 13.8. The summed E-state index contributed by atoms with van der Waals surface area (Å²) in [6.45, 7) is 2.85. The summed E-state index contributed by atoms with van der Waals surface area (Å²) < 4.78 is 18.1. The number of aromatic nitrogens is 4. The van der Waals surface area contributed by atoms with Crippen LogP contribution >= 0.6 is 34.9 Å². The number of rotatable bonds is 7. The van der Waals surface area contributed by atoms with Crippen LogP contribution in [0.15, 0.2) is 58.0 Å². The van der Waals surface area contributed by atoms with Gasteiger partial charge in [0.1, 0.15) is 11.6 Å². The van der Waals surface area contributed by atoms with Gasteiger partial charge in [-0.05, 0) is 30.7 Å². The Labute approximate surface area is 169 Å². The van der Waals surface area contributed by atoms with E-state index in [0.29, 0.717) is 17.1 Å². The van der Waals surface area contributed by atoms with Gasteiger partial charge in [-0.15, -0.1) is 21.5 Å². The van der Waals surface area contributed by atoms with E-state index in [4.69, 9.17) is 0 Å². The first kappa shape index (κ1) is 18.5. The lowest BCUT2D eigenvalue weighted by Crippen LogP contribution is -2.02. The van der Waals surface area contributed by atoms with Crippen molar-refractivity contribution in [3.8, 4) is 0 Å². The largest absolute Gasteiger partial charge is 0.306 e. The fraction of sp³-hybridized carbons (Fsp3) is 0.211. The molecule has 0 aliphatic heterocycles. The lowest BCUT2D eigenvalue weighted by Gasteiger charge is -2.07. The maximum atomic E-state index is 13.8. The molecule has 0 spiro atoms. The van der Waals surface area contributed by atoms with E-state index in [1.165, 1.54) is 22.5 Å². The molecule has 0 amide bonds. The highest BCUT2D eigenvalue weighted by Crippen LogP contribution is 2.32. The normalized spacial score (nSPS) is 11.3. The summed E-state index contributed by atoms with van der Waals surface area (Å²) in [5.74, 6) is 1.98. The van der Waals surface area contributed by atoms with E-state index in [9.17, 15) is 4.39 Å². The molecule has 4 aromatic rings. The Balaban J connectivity index is 1.45. The van der Waals surface area contributed by atoms with E-state index >= 15 is 0 Å². The predicted molar refractivity (Wildman–Crippen MR) is 111 cm³/mol. The van der Waals surface area contributed by atoms with Gasteiger partial charge in [0.25, 0.3) is 0 Å². The van der Waals surface area contributed by atoms with Crippen LogP contribution in [0.3, 0.4) is 0 Å². The summed E-state index contributed by atoms with van der Waals surface area (Å²) in [4.78, 5) is 4.65. The van der Waals surface area contributed by atoms with Gasteiger partial charge in [-0.25, -0.2) is 9.37 Å². The van der Waals surface area contributed by atoms with Gasteiger partial charge in [0.2, 0.25) is 0 Å². The van der Waals surface area contributed by atoms with Crippen molar-refractivity contribution in [3.05, 3.63) is 65.7 Å². The van der Waals surface area contributed by atoms with Crippen molar-refractivity contribution in [2.24, 2.45) is 0 Å². The van der Waals surface area contributed by atoms with Crippen molar-refractivity contribution in [2.45, 2.75) is 34.5 Å². The van der Waals surface area contributed by atoms with Gasteiger partial charge < -0.3 is 4.57 Å². The first-order chi connectivity index (χ1) is 13.2. The molecule has 0 aliphatic carbocycles. The Bertz CT molecular complexity index is 1030. The Morgan fingerprint density at radius 2 is 1.81 bits per heavy atom. The molecule has 27 heavy (non-hydrogen) atoms. The van der Waals surface area contributed by atoms with E-state index in [0.717, 1.165) is 27.4 Å². The van der Waals surface area contributed by atoms with Gasteiger partial charge in [0.05, 0.1) is 16.0 Å². The number of benzene rings is 2. The molecular weight excluding hydrogens is 399 g/mol. The van der Waals surface area contributed by atoms with E-state index < -0.39 is 0 Å². The monoisotopic (exact) mass is 416 g/mol. The molecule has 2 aromatic carbocycles. The molecule has 2 heterocycles. The summed E-state index contributed by atoms with van der Waals surface area (Å²) in [5, 5.41) is 9.48. The van der Waals surface area contributed by atoms with Crippen LogP contribution in [0.5, 0.6) is 0 Å². The molecule has 0 fully saturated rings. The number of halogens is 1. The SMILES string of the molecule is CCn1c(CSc2nc3ccccc3s2)nnc1SCc1ccccc1F. The minimum atomic E-state index is -0.181. The summed E-state index contributed by atoms with van der Waals surface area (Å²) in [5.41, 5.74) is 1.71. The topological polar surface area (TPSA) is 43.6 Å². The van der Waals surface area contributed by atoms with E-state index in [1.807, 2.05) is 24.3 Å². The van der Waals surface area contributed by atoms with Crippen LogP contribution in [0.25, 0.3) is 10.2 Å². The van der Waals surface area contributed by atoms with Crippen LogP contribution in [0.2, 0.25) is 0 Å². The van der Waals surface area contributed by atoms with E-state index in [-0.39, 0.29) is 5.82 Å². The van der Waals surface area contributed by atoms with Crippen molar-refractivity contribution < 1.29 is 4.39 Å². The number of hydrogen-bond donors (Lipinski definition) is 0. The number of fused-ring (bicyclic) bond motifs is 1.